The lowest BCUT2D eigenvalue weighted by Crippen LogP contribution is -2.38. The van der Waals surface area contributed by atoms with Crippen LogP contribution in [-0.4, -0.2) is 40.4 Å². The minimum Gasteiger partial charge on any atom is -0.357 e. The fraction of sp³-hybridized carbons (Fsp3) is 0.333. The van der Waals surface area contributed by atoms with E-state index in [2.05, 4.69) is 30.8 Å². The number of benzene rings is 1. The van der Waals surface area contributed by atoms with Gasteiger partial charge in [0.1, 0.15) is 11.5 Å². The molecule has 2 heterocycles. The van der Waals surface area contributed by atoms with E-state index >= 15 is 0 Å². The molecule has 0 amide bonds. The molecule has 0 atom stereocenters. The maximum atomic E-state index is 13.5. The van der Waals surface area contributed by atoms with E-state index in [0.29, 0.717) is 42.9 Å². The summed E-state index contributed by atoms with van der Waals surface area (Å²) in [5, 5.41) is 10.5. The average Bonchev–Trinajstić information content (AvgIpc) is 3.23. The molecule has 0 saturated carbocycles. The number of pyridine rings is 1. The largest absolute Gasteiger partial charge is 0.357 e. The molecule has 2 aromatic heterocycles. The van der Waals surface area contributed by atoms with E-state index in [1.807, 2.05) is 31.4 Å². The molecule has 0 fully saturated rings. The smallest absolute Gasteiger partial charge is 0.276 e. The van der Waals surface area contributed by atoms with Gasteiger partial charge in [-0.3, -0.25) is 4.98 Å². The van der Waals surface area contributed by atoms with Crippen LogP contribution < -0.4 is 10.6 Å². The molecular formula is C21H25FN6OS. The highest BCUT2D eigenvalue weighted by atomic mass is 32.2. The summed E-state index contributed by atoms with van der Waals surface area (Å²) in [6.45, 7) is 3.80. The lowest BCUT2D eigenvalue weighted by molar-refractivity contribution is 0.421. The second-order valence-electron chi connectivity index (χ2n) is 6.45. The van der Waals surface area contributed by atoms with E-state index in [1.54, 1.807) is 30.1 Å². The van der Waals surface area contributed by atoms with Crippen LogP contribution in [0.5, 0.6) is 0 Å². The fourth-order valence-electron chi connectivity index (χ4n) is 2.79. The Morgan fingerprint density at radius 2 is 2.10 bits per heavy atom. The number of halogens is 1. The van der Waals surface area contributed by atoms with Crippen LogP contribution in [0.2, 0.25) is 0 Å². The SMILES string of the molecule is CCNC(=NCc1ccc(F)cc1CSC)NCCc1noc(-c2ccccn2)n1. The first-order chi connectivity index (χ1) is 14.7. The molecule has 3 rings (SSSR count). The normalized spacial score (nSPS) is 11.5. The monoisotopic (exact) mass is 428 g/mol. The molecule has 0 radical (unpaired) electrons. The van der Waals surface area contributed by atoms with Crippen molar-refractivity contribution in [1.82, 2.24) is 25.8 Å². The van der Waals surface area contributed by atoms with Crippen molar-refractivity contribution in [3.63, 3.8) is 0 Å². The van der Waals surface area contributed by atoms with Crippen molar-refractivity contribution in [2.75, 3.05) is 19.3 Å². The third kappa shape index (κ3) is 6.28. The minimum atomic E-state index is -0.220. The van der Waals surface area contributed by atoms with Crippen LogP contribution in [0.15, 0.2) is 52.1 Å². The highest BCUT2D eigenvalue weighted by Crippen LogP contribution is 2.17. The maximum Gasteiger partial charge on any atom is 0.276 e. The summed E-state index contributed by atoms with van der Waals surface area (Å²) in [5.41, 5.74) is 2.64. The van der Waals surface area contributed by atoms with Gasteiger partial charge in [0.15, 0.2) is 11.8 Å². The molecule has 7 nitrogen and oxygen atoms in total. The van der Waals surface area contributed by atoms with Gasteiger partial charge in [0.05, 0.1) is 6.54 Å². The van der Waals surface area contributed by atoms with E-state index in [-0.39, 0.29) is 5.82 Å². The summed E-state index contributed by atoms with van der Waals surface area (Å²) in [6, 6.07) is 10.4. The zero-order chi connectivity index (χ0) is 21.2. The van der Waals surface area contributed by atoms with Gasteiger partial charge in [0.2, 0.25) is 0 Å². The van der Waals surface area contributed by atoms with E-state index in [0.717, 1.165) is 23.4 Å². The highest BCUT2D eigenvalue weighted by molar-refractivity contribution is 7.97. The van der Waals surface area contributed by atoms with Crippen LogP contribution in [0.1, 0.15) is 23.9 Å². The molecule has 2 N–H and O–H groups in total. The van der Waals surface area contributed by atoms with E-state index in [1.165, 1.54) is 6.07 Å². The number of guanidine groups is 1. The molecule has 0 unspecified atom stereocenters. The summed E-state index contributed by atoms with van der Waals surface area (Å²) < 4.78 is 18.8. The van der Waals surface area contributed by atoms with Crippen molar-refractivity contribution >= 4 is 17.7 Å². The second-order valence-corrected chi connectivity index (χ2v) is 7.31. The standard InChI is InChI=1S/C21H25FN6OS/c1-3-23-21(26-13-15-7-8-17(22)12-16(15)14-30-2)25-11-9-19-27-20(29-28-19)18-6-4-5-10-24-18/h4-8,10,12H,3,9,11,13-14H2,1-2H3,(H2,23,25,26). The van der Waals surface area contributed by atoms with Crippen molar-refractivity contribution < 1.29 is 8.91 Å². The van der Waals surface area contributed by atoms with Crippen molar-refractivity contribution in [2.45, 2.75) is 25.6 Å². The average molecular weight is 429 g/mol. The lowest BCUT2D eigenvalue weighted by atomic mass is 10.1. The van der Waals surface area contributed by atoms with Gasteiger partial charge in [-0.1, -0.05) is 17.3 Å². The van der Waals surface area contributed by atoms with E-state index in [9.17, 15) is 4.39 Å². The van der Waals surface area contributed by atoms with Crippen LogP contribution in [0.4, 0.5) is 4.39 Å². The molecule has 0 spiro atoms. The van der Waals surface area contributed by atoms with Gasteiger partial charge in [-0.2, -0.15) is 16.7 Å². The Morgan fingerprint density at radius 3 is 2.87 bits per heavy atom. The summed E-state index contributed by atoms with van der Waals surface area (Å²) >= 11 is 1.66. The molecule has 3 aromatic rings. The quantitative estimate of drug-likeness (QED) is 0.399. The van der Waals surface area contributed by atoms with Gasteiger partial charge in [-0.25, -0.2) is 9.38 Å². The number of thioether (sulfide) groups is 1. The van der Waals surface area contributed by atoms with Gasteiger partial charge >= 0.3 is 0 Å². The zero-order valence-electron chi connectivity index (χ0n) is 17.1. The van der Waals surface area contributed by atoms with Crippen molar-refractivity contribution in [2.24, 2.45) is 4.99 Å². The van der Waals surface area contributed by atoms with Crippen LogP contribution in [0.3, 0.4) is 0 Å². The van der Waals surface area contributed by atoms with E-state index in [4.69, 9.17) is 4.52 Å². The Hall–Kier alpha value is -2.94. The third-order valence-corrected chi connectivity index (χ3v) is 4.81. The Labute approximate surface area is 179 Å². The Kier molecular flexibility index (Phi) is 8.20. The van der Waals surface area contributed by atoms with Crippen LogP contribution in [-0.2, 0) is 18.7 Å². The molecule has 9 heteroatoms. The van der Waals surface area contributed by atoms with Crippen LogP contribution in [0.25, 0.3) is 11.6 Å². The summed E-state index contributed by atoms with van der Waals surface area (Å²) in [4.78, 5) is 13.2. The first-order valence-corrected chi connectivity index (χ1v) is 11.1. The number of aliphatic imine (C=N–C) groups is 1. The number of aromatic nitrogens is 3. The molecule has 30 heavy (non-hydrogen) atoms. The van der Waals surface area contributed by atoms with Crippen molar-refractivity contribution in [3.8, 4) is 11.6 Å². The second kappa shape index (κ2) is 11.3. The summed E-state index contributed by atoms with van der Waals surface area (Å²) in [6.07, 6.45) is 4.27. The Morgan fingerprint density at radius 1 is 1.20 bits per heavy atom. The number of rotatable bonds is 9. The molecule has 1 aromatic carbocycles. The first-order valence-electron chi connectivity index (χ1n) is 9.72. The Balaban J connectivity index is 1.58. The molecule has 0 aliphatic heterocycles. The highest BCUT2D eigenvalue weighted by Gasteiger charge is 2.10. The fourth-order valence-corrected chi connectivity index (χ4v) is 3.37. The lowest BCUT2D eigenvalue weighted by Gasteiger charge is -2.12. The summed E-state index contributed by atoms with van der Waals surface area (Å²) in [7, 11) is 0. The van der Waals surface area contributed by atoms with E-state index < -0.39 is 0 Å². The van der Waals surface area contributed by atoms with Crippen LogP contribution in [0, 0.1) is 5.82 Å². The molecule has 0 saturated heterocycles. The predicted molar refractivity (Wildman–Crippen MR) is 118 cm³/mol. The molecule has 0 aliphatic rings. The van der Waals surface area contributed by atoms with Crippen molar-refractivity contribution in [3.05, 3.63) is 65.4 Å². The molecule has 158 valence electrons. The number of nitrogens with one attached hydrogen (secondary N) is 2. The predicted octanol–water partition coefficient (Wildman–Crippen LogP) is 3.43. The minimum absolute atomic E-state index is 0.220. The molecular weight excluding hydrogens is 403 g/mol. The number of hydrogen-bond donors (Lipinski definition) is 2. The maximum absolute atomic E-state index is 13.5. The number of hydrogen-bond acceptors (Lipinski definition) is 6. The van der Waals surface area contributed by atoms with Gasteiger partial charge in [0, 0.05) is 31.5 Å². The van der Waals surface area contributed by atoms with Crippen LogP contribution >= 0.6 is 11.8 Å². The first kappa shape index (κ1) is 21.8. The van der Waals surface area contributed by atoms with Gasteiger partial charge in [-0.05, 0) is 48.6 Å². The number of nitrogens with zero attached hydrogens (tertiary/aromatic N) is 4. The van der Waals surface area contributed by atoms with Gasteiger partial charge in [0.25, 0.3) is 5.89 Å². The van der Waals surface area contributed by atoms with Crippen molar-refractivity contribution in [1.29, 1.82) is 0 Å². The van der Waals surface area contributed by atoms with Gasteiger partial charge < -0.3 is 15.2 Å². The molecule has 0 aliphatic carbocycles. The zero-order valence-corrected chi connectivity index (χ0v) is 17.9. The topological polar surface area (TPSA) is 88.2 Å². The van der Waals surface area contributed by atoms with Gasteiger partial charge in [-0.15, -0.1) is 0 Å². The summed E-state index contributed by atoms with van der Waals surface area (Å²) in [5.74, 6) is 2.22. The Bertz CT molecular complexity index is 963. The molecule has 0 bridgehead atoms. The third-order valence-electron chi connectivity index (χ3n) is 4.21.